The van der Waals surface area contributed by atoms with Crippen molar-refractivity contribution in [1.82, 2.24) is 24.0 Å². The molecule has 0 saturated carbocycles. The Labute approximate surface area is 332 Å². The lowest BCUT2D eigenvalue weighted by Crippen LogP contribution is -2.33. The van der Waals surface area contributed by atoms with E-state index in [0.717, 1.165) is 17.2 Å². The van der Waals surface area contributed by atoms with Gasteiger partial charge in [-0.2, -0.15) is 0 Å². The summed E-state index contributed by atoms with van der Waals surface area (Å²) < 4.78 is 36.6. The van der Waals surface area contributed by atoms with Crippen LogP contribution in [0.4, 0.5) is 22.3 Å². The van der Waals surface area contributed by atoms with Crippen molar-refractivity contribution in [1.29, 1.82) is 0 Å². The maximum Gasteiger partial charge on any atom is 0.340 e. The molecule has 4 heterocycles. The van der Waals surface area contributed by atoms with Crippen molar-refractivity contribution in [3.05, 3.63) is 130 Å². The number of nitrogens with one attached hydrogen (secondary N) is 3. The minimum Gasteiger partial charge on any atom is -0.491 e. The van der Waals surface area contributed by atoms with E-state index in [1.54, 1.807) is 12.3 Å². The van der Waals surface area contributed by atoms with E-state index in [9.17, 15) is 28.1 Å². The van der Waals surface area contributed by atoms with E-state index in [1.807, 2.05) is 99.9 Å². The fourth-order valence-corrected chi connectivity index (χ4v) is 8.20. The van der Waals surface area contributed by atoms with Gasteiger partial charge in [0.15, 0.2) is 10.9 Å². The maximum absolute atomic E-state index is 13.5. The van der Waals surface area contributed by atoms with Gasteiger partial charge in [-0.1, -0.05) is 36.4 Å². The smallest absolute Gasteiger partial charge is 0.340 e. The molecule has 1 aliphatic rings. The number of thiazole rings is 1. The van der Waals surface area contributed by atoms with Gasteiger partial charge < -0.3 is 29.6 Å². The SMILES string of the molecule is CN(C)CC[C@H](COc1ccccc1)Nc1ccc(S(=O)(=O)NC(=O)c2csc(N3CCc4cccc(C(=O)Nc5cn6ccccc6n5)c4C3)n2)cc1[N+](=O)O. The summed E-state index contributed by atoms with van der Waals surface area (Å²) in [4.78, 5) is 51.0. The number of pyridine rings is 1. The molecule has 7 rings (SSSR count). The normalized spacial score (nSPS) is 13.2. The van der Waals surface area contributed by atoms with Crippen LogP contribution < -0.4 is 25.0 Å². The fourth-order valence-electron chi connectivity index (χ4n) is 6.39. The van der Waals surface area contributed by atoms with Crippen LogP contribution >= 0.6 is 11.3 Å². The zero-order valence-electron chi connectivity index (χ0n) is 31.0. The number of carbonyl (C=O) groups is 2. The Morgan fingerprint density at radius 3 is 2.60 bits per heavy atom. The molecule has 294 valence electrons. The lowest BCUT2D eigenvalue weighted by atomic mass is 9.94. The van der Waals surface area contributed by atoms with Gasteiger partial charge in [0.2, 0.25) is 0 Å². The van der Waals surface area contributed by atoms with Crippen molar-refractivity contribution in [3.8, 4) is 5.75 Å². The third kappa shape index (κ3) is 9.20. The molecule has 1 aliphatic heterocycles. The minimum absolute atomic E-state index is 0.129. The Morgan fingerprint density at radius 1 is 1.02 bits per heavy atom. The molecule has 57 heavy (non-hydrogen) atoms. The molecule has 1 atom stereocenters. The second-order valence-electron chi connectivity index (χ2n) is 13.6. The van der Waals surface area contributed by atoms with Gasteiger partial charge in [0.1, 0.15) is 29.4 Å². The summed E-state index contributed by atoms with van der Waals surface area (Å²) in [5.41, 5.74) is 2.68. The zero-order valence-corrected chi connectivity index (χ0v) is 32.7. The van der Waals surface area contributed by atoms with Crippen molar-refractivity contribution in [3.63, 3.8) is 0 Å². The molecule has 3 aromatic carbocycles. The topological polar surface area (TPSA) is 191 Å². The van der Waals surface area contributed by atoms with Crippen LogP contribution in [-0.4, -0.2) is 89.5 Å². The molecule has 0 unspecified atom stereocenters. The third-order valence-corrected chi connectivity index (χ3v) is 11.5. The monoisotopic (exact) mass is 810 g/mol. The van der Waals surface area contributed by atoms with Crippen LogP contribution in [0.15, 0.2) is 108 Å². The summed E-state index contributed by atoms with van der Waals surface area (Å²) >= 11 is 1.17. The molecule has 0 bridgehead atoms. The molecule has 18 heteroatoms. The molecule has 0 saturated heterocycles. The molecule has 3 aromatic heterocycles. The van der Waals surface area contributed by atoms with E-state index in [1.165, 1.54) is 28.8 Å². The Kier molecular flexibility index (Phi) is 11.4. The molecular formula is C39H40N9O7S2+. The van der Waals surface area contributed by atoms with E-state index >= 15 is 0 Å². The number of hydrogen-bond donors (Lipinski definition) is 4. The van der Waals surface area contributed by atoms with Gasteiger partial charge in [-0.05, 0) is 87.1 Å². The number of rotatable bonds is 15. The Balaban J connectivity index is 1.02. The number of imidazole rings is 1. The first kappa shape index (κ1) is 38.9. The number of anilines is 3. The van der Waals surface area contributed by atoms with Crippen LogP contribution in [0, 0.1) is 4.91 Å². The Bertz CT molecular complexity index is 2510. The fraction of sp³-hybridized carbons (Fsp3) is 0.231. The number of amides is 2. The molecule has 6 aromatic rings. The summed E-state index contributed by atoms with van der Waals surface area (Å²) in [5.74, 6) is -0.212. The van der Waals surface area contributed by atoms with E-state index in [0.29, 0.717) is 60.4 Å². The van der Waals surface area contributed by atoms with Gasteiger partial charge >= 0.3 is 5.69 Å². The first-order valence-electron chi connectivity index (χ1n) is 18.0. The molecule has 0 spiro atoms. The zero-order chi connectivity index (χ0) is 40.1. The summed E-state index contributed by atoms with van der Waals surface area (Å²) in [6.07, 6.45) is 4.79. The highest BCUT2D eigenvalue weighted by atomic mass is 32.2. The minimum atomic E-state index is -4.52. The van der Waals surface area contributed by atoms with Crippen LogP contribution in [0.1, 0.15) is 38.4 Å². The highest BCUT2D eigenvalue weighted by molar-refractivity contribution is 7.90. The maximum atomic E-state index is 13.5. The number of sulfonamides is 1. The Hall–Kier alpha value is -6.37. The van der Waals surface area contributed by atoms with Crippen LogP contribution in [0.2, 0.25) is 0 Å². The number of para-hydroxylation sites is 1. The number of carbonyl (C=O) groups excluding carboxylic acids is 2. The molecule has 0 fully saturated rings. The summed E-state index contributed by atoms with van der Waals surface area (Å²) in [5, 5.41) is 18.0. The first-order chi connectivity index (χ1) is 27.4. The predicted octanol–water partition coefficient (Wildman–Crippen LogP) is 5.34. The molecule has 2 amide bonds. The van der Waals surface area contributed by atoms with Gasteiger partial charge in [0, 0.05) is 36.3 Å². The van der Waals surface area contributed by atoms with Crippen molar-refractivity contribution in [2.45, 2.75) is 30.3 Å². The van der Waals surface area contributed by atoms with E-state index in [2.05, 4.69) is 20.6 Å². The Morgan fingerprint density at radius 2 is 1.82 bits per heavy atom. The lowest BCUT2D eigenvalue weighted by molar-refractivity contribution is -0.729. The molecule has 16 nitrogen and oxygen atoms in total. The highest BCUT2D eigenvalue weighted by Crippen LogP contribution is 2.31. The van der Waals surface area contributed by atoms with Gasteiger partial charge in [0.25, 0.3) is 26.8 Å². The lowest BCUT2D eigenvalue weighted by Gasteiger charge is -2.29. The summed E-state index contributed by atoms with van der Waals surface area (Å²) in [6.45, 7) is 1.79. The van der Waals surface area contributed by atoms with Crippen LogP contribution in [0.25, 0.3) is 5.65 Å². The number of benzene rings is 3. The van der Waals surface area contributed by atoms with Crippen molar-refractivity contribution >= 4 is 61.1 Å². The van der Waals surface area contributed by atoms with Crippen molar-refractivity contribution in [2.75, 3.05) is 49.3 Å². The number of hydrogen-bond acceptors (Lipinski definition) is 12. The van der Waals surface area contributed by atoms with Crippen LogP contribution in [0.3, 0.4) is 0 Å². The second kappa shape index (κ2) is 16.8. The van der Waals surface area contributed by atoms with Gasteiger partial charge in [-0.25, -0.2) is 28.3 Å². The van der Waals surface area contributed by atoms with Crippen molar-refractivity contribution < 1.29 is 32.9 Å². The predicted molar refractivity (Wildman–Crippen MR) is 215 cm³/mol. The van der Waals surface area contributed by atoms with E-state index in [-0.39, 0.29) is 35.6 Å². The van der Waals surface area contributed by atoms with Crippen LogP contribution in [0.5, 0.6) is 5.75 Å². The van der Waals surface area contributed by atoms with E-state index < -0.39 is 25.7 Å². The number of fused-ring (bicyclic) bond motifs is 2. The first-order valence-corrected chi connectivity index (χ1v) is 20.3. The largest absolute Gasteiger partial charge is 0.491 e. The summed E-state index contributed by atoms with van der Waals surface area (Å²) in [7, 11) is -0.675. The van der Waals surface area contributed by atoms with Crippen LogP contribution in [-0.2, 0) is 23.0 Å². The average molecular weight is 811 g/mol. The highest BCUT2D eigenvalue weighted by Gasteiger charge is 2.29. The summed E-state index contributed by atoms with van der Waals surface area (Å²) in [6, 6.07) is 23.6. The third-order valence-electron chi connectivity index (χ3n) is 9.31. The molecule has 0 aliphatic carbocycles. The number of nitrogens with zero attached hydrogens (tertiary/aromatic N) is 6. The van der Waals surface area contributed by atoms with E-state index in [4.69, 9.17) is 4.74 Å². The number of aromatic nitrogens is 3. The van der Waals surface area contributed by atoms with Crippen molar-refractivity contribution in [2.24, 2.45) is 0 Å². The second-order valence-corrected chi connectivity index (χ2v) is 16.1. The molecule has 4 N–H and O–H groups in total. The van der Waals surface area contributed by atoms with Gasteiger partial charge in [-0.15, -0.1) is 11.3 Å². The van der Waals surface area contributed by atoms with Gasteiger partial charge in [0.05, 0.1) is 22.0 Å². The number of ether oxygens (including phenoxy) is 1. The molecule has 0 radical (unpaired) electrons. The van der Waals surface area contributed by atoms with Gasteiger partial charge in [-0.3, -0.25) is 9.59 Å². The standard InChI is InChI=1S/C39H39N9O7S2/c1-45(2)19-17-27(24-55-28-10-4-3-5-11-28)40-32-15-14-29(21-34(32)48(51)52)57(53,54)44-38(50)33-25-56-39(41-33)47-20-16-26-9-8-12-30(31(26)22-47)37(49)43-35-23-46-18-7-6-13-36(46)42-35/h3-15,18,21,23,25,27,40H,16-17,19-20,22,24H2,1-2H3,(H2-,43,44,49,50,51,52)/p+1/t27-/m1/s1. The quantitative estimate of drug-likeness (QED) is 0.0977. The molecular weight excluding hydrogens is 771 g/mol. The average Bonchev–Trinajstić information content (AvgIpc) is 3.86.